The Morgan fingerprint density at radius 3 is 2.55 bits per heavy atom. The largest absolute Gasteiger partial charge is 0.496 e. The van der Waals surface area contributed by atoms with Gasteiger partial charge in [0.25, 0.3) is 5.91 Å². The van der Waals surface area contributed by atoms with Gasteiger partial charge < -0.3 is 19.3 Å². The van der Waals surface area contributed by atoms with Crippen molar-refractivity contribution in [2.45, 2.75) is 64.5 Å². The number of thiazole rings is 1. The van der Waals surface area contributed by atoms with Crippen molar-refractivity contribution in [1.29, 1.82) is 0 Å². The number of amides is 2. The van der Waals surface area contributed by atoms with Crippen molar-refractivity contribution < 1.29 is 19.1 Å². The first-order chi connectivity index (χ1) is 15.6. The molecule has 2 aromatic rings. The van der Waals surface area contributed by atoms with Gasteiger partial charge in [-0.15, -0.1) is 11.3 Å². The van der Waals surface area contributed by atoms with Crippen molar-refractivity contribution in [2.24, 2.45) is 0 Å². The number of likely N-dealkylation sites (tertiary alicyclic amines) is 1. The number of benzene rings is 1. The van der Waals surface area contributed by atoms with Crippen LogP contribution in [0.1, 0.15) is 67.5 Å². The van der Waals surface area contributed by atoms with Crippen molar-refractivity contribution >= 4 is 23.3 Å². The molecule has 0 saturated carbocycles. The number of aromatic nitrogens is 1. The number of methoxy groups -OCH3 is 1. The minimum Gasteiger partial charge on any atom is -0.496 e. The van der Waals surface area contributed by atoms with E-state index in [1.54, 1.807) is 16.9 Å². The van der Waals surface area contributed by atoms with Crippen LogP contribution in [0.2, 0.25) is 0 Å². The second-order valence-corrected chi connectivity index (χ2v) is 10.5. The monoisotopic (exact) mass is 473 g/mol. The zero-order chi connectivity index (χ0) is 24.2. The van der Waals surface area contributed by atoms with Crippen LogP contribution in [0.25, 0.3) is 0 Å². The molecule has 0 spiro atoms. The highest BCUT2D eigenvalue weighted by molar-refractivity contribution is 7.09. The first-order valence-electron chi connectivity index (χ1n) is 11.4. The second-order valence-electron chi connectivity index (χ2n) is 9.59. The Hall–Kier alpha value is -2.61. The lowest BCUT2D eigenvalue weighted by Crippen LogP contribution is -2.41. The molecule has 1 fully saturated rings. The fourth-order valence-corrected chi connectivity index (χ4v) is 4.88. The predicted octanol–water partition coefficient (Wildman–Crippen LogP) is 4.97. The highest BCUT2D eigenvalue weighted by atomic mass is 32.1. The van der Waals surface area contributed by atoms with Crippen LogP contribution >= 0.6 is 11.3 Å². The molecule has 0 aliphatic carbocycles. The molecule has 33 heavy (non-hydrogen) atoms. The summed E-state index contributed by atoms with van der Waals surface area (Å²) >= 11 is 1.53. The van der Waals surface area contributed by atoms with E-state index in [0.717, 1.165) is 29.2 Å². The third kappa shape index (κ3) is 6.47. The van der Waals surface area contributed by atoms with Crippen LogP contribution in [0.4, 0.5) is 4.79 Å². The maximum atomic E-state index is 13.1. The summed E-state index contributed by atoms with van der Waals surface area (Å²) < 4.78 is 10.9. The summed E-state index contributed by atoms with van der Waals surface area (Å²) in [5, 5.41) is 2.82. The summed E-state index contributed by atoms with van der Waals surface area (Å²) in [7, 11) is 3.48. The van der Waals surface area contributed by atoms with E-state index in [1.807, 2.05) is 64.4 Å². The summed E-state index contributed by atoms with van der Waals surface area (Å²) in [6.45, 7) is 8.93. The molecule has 0 N–H and O–H groups in total. The summed E-state index contributed by atoms with van der Waals surface area (Å²) in [6, 6.07) is 7.88. The minimum atomic E-state index is -0.493. The first-order valence-corrected chi connectivity index (χ1v) is 12.3. The topological polar surface area (TPSA) is 72.0 Å². The Morgan fingerprint density at radius 1 is 1.24 bits per heavy atom. The maximum absolute atomic E-state index is 13.1. The number of rotatable bonds is 6. The summed E-state index contributed by atoms with van der Waals surface area (Å²) in [6.07, 6.45) is 2.08. The molecule has 2 heterocycles. The van der Waals surface area contributed by atoms with E-state index >= 15 is 0 Å². The number of ether oxygens (including phenoxy) is 2. The summed E-state index contributed by atoms with van der Waals surface area (Å²) in [4.78, 5) is 33.5. The minimum absolute atomic E-state index is 0.00369. The highest BCUT2D eigenvalue weighted by Crippen LogP contribution is 2.31. The molecule has 1 aliphatic rings. The SMILES string of the molecule is COc1ccccc1CC(C)N(C)C(=O)c1csc(C2CCN(C(=O)OC(C)(C)C)CC2)n1. The molecule has 1 saturated heterocycles. The Kier molecular flexibility index (Phi) is 8.00. The molecule has 180 valence electrons. The standard InChI is InChI=1S/C25H35N3O4S/c1-17(15-19-9-7-8-10-21(19)31-6)27(5)23(29)20-16-33-22(26-20)18-11-13-28(14-12-18)24(30)32-25(2,3)4/h7-10,16-18H,11-15H2,1-6H3. The number of hydrogen-bond donors (Lipinski definition) is 0. The number of likely N-dealkylation sites (N-methyl/N-ethyl adjacent to an activating group) is 1. The van der Waals surface area contributed by atoms with Crippen molar-refractivity contribution in [3.8, 4) is 5.75 Å². The second kappa shape index (κ2) is 10.5. The predicted molar refractivity (Wildman–Crippen MR) is 130 cm³/mol. The molecule has 2 amide bonds. The van der Waals surface area contributed by atoms with E-state index in [4.69, 9.17) is 9.47 Å². The molecule has 8 heteroatoms. The lowest BCUT2D eigenvalue weighted by molar-refractivity contribution is 0.0204. The Balaban J connectivity index is 1.57. The van der Waals surface area contributed by atoms with Gasteiger partial charge in [-0.25, -0.2) is 9.78 Å². The smallest absolute Gasteiger partial charge is 0.410 e. The van der Waals surface area contributed by atoms with Gasteiger partial charge in [-0.1, -0.05) is 18.2 Å². The molecular weight excluding hydrogens is 438 g/mol. The van der Waals surface area contributed by atoms with Gasteiger partial charge in [0.2, 0.25) is 0 Å². The summed E-state index contributed by atoms with van der Waals surface area (Å²) in [5.41, 5.74) is 1.06. The number of hydrogen-bond acceptors (Lipinski definition) is 6. The third-order valence-corrected chi connectivity index (χ3v) is 6.93. The van der Waals surface area contributed by atoms with Crippen LogP contribution < -0.4 is 4.74 Å². The van der Waals surface area contributed by atoms with E-state index in [-0.39, 0.29) is 24.0 Å². The van der Waals surface area contributed by atoms with E-state index in [1.165, 1.54) is 11.3 Å². The summed E-state index contributed by atoms with van der Waals surface area (Å²) in [5.74, 6) is 1.01. The van der Waals surface area contributed by atoms with Crippen LogP contribution in [-0.4, -0.2) is 65.7 Å². The van der Waals surface area contributed by atoms with Crippen molar-refractivity contribution in [3.05, 3.63) is 45.9 Å². The van der Waals surface area contributed by atoms with Crippen LogP contribution in [0.15, 0.2) is 29.6 Å². The molecule has 1 aromatic heterocycles. The van der Waals surface area contributed by atoms with Crippen molar-refractivity contribution in [1.82, 2.24) is 14.8 Å². The number of para-hydroxylation sites is 1. The molecular formula is C25H35N3O4S. The zero-order valence-corrected chi connectivity index (χ0v) is 21.3. The van der Waals surface area contributed by atoms with E-state index in [2.05, 4.69) is 4.98 Å². The molecule has 7 nitrogen and oxygen atoms in total. The lowest BCUT2D eigenvalue weighted by atomic mass is 9.98. The fraction of sp³-hybridized carbons (Fsp3) is 0.560. The number of carbonyl (C=O) groups excluding carboxylic acids is 2. The molecule has 1 atom stereocenters. The van der Waals surface area contributed by atoms with Gasteiger partial charge in [0, 0.05) is 37.5 Å². The Labute approximate surface area is 200 Å². The third-order valence-electron chi connectivity index (χ3n) is 5.93. The van der Waals surface area contributed by atoms with Crippen LogP contribution in [0, 0.1) is 0 Å². The van der Waals surface area contributed by atoms with E-state index in [0.29, 0.717) is 25.2 Å². The molecule has 3 rings (SSSR count). The zero-order valence-electron chi connectivity index (χ0n) is 20.5. The quantitative estimate of drug-likeness (QED) is 0.592. The van der Waals surface area contributed by atoms with Crippen molar-refractivity contribution in [3.63, 3.8) is 0 Å². The van der Waals surface area contributed by atoms with Gasteiger partial charge in [-0.3, -0.25) is 4.79 Å². The van der Waals surface area contributed by atoms with Gasteiger partial charge in [0.15, 0.2) is 0 Å². The van der Waals surface area contributed by atoms with Gasteiger partial charge in [0.05, 0.1) is 12.1 Å². The fourth-order valence-electron chi connectivity index (χ4n) is 3.92. The van der Waals surface area contributed by atoms with Gasteiger partial charge in [-0.2, -0.15) is 0 Å². The van der Waals surface area contributed by atoms with E-state index < -0.39 is 5.60 Å². The van der Waals surface area contributed by atoms with Crippen LogP contribution in [0.5, 0.6) is 5.75 Å². The maximum Gasteiger partial charge on any atom is 0.410 e. The van der Waals surface area contributed by atoms with E-state index in [9.17, 15) is 9.59 Å². The van der Waals surface area contributed by atoms with Gasteiger partial charge in [0.1, 0.15) is 17.0 Å². The van der Waals surface area contributed by atoms with Crippen molar-refractivity contribution in [2.75, 3.05) is 27.2 Å². The lowest BCUT2D eigenvalue weighted by Gasteiger charge is -2.32. The average Bonchev–Trinajstić information content (AvgIpc) is 3.27. The normalized spacial score (nSPS) is 15.8. The van der Waals surface area contributed by atoms with Crippen LogP contribution in [0.3, 0.4) is 0 Å². The number of carbonyl (C=O) groups is 2. The number of nitrogens with zero attached hydrogens (tertiary/aromatic N) is 3. The Bertz CT molecular complexity index is 961. The number of piperidine rings is 1. The molecule has 0 radical (unpaired) electrons. The Morgan fingerprint density at radius 2 is 1.91 bits per heavy atom. The highest BCUT2D eigenvalue weighted by Gasteiger charge is 2.29. The molecule has 0 bridgehead atoms. The van der Waals surface area contributed by atoms with Gasteiger partial charge in [-0.05, 0) is 58.6 Å². The molecule has 1 unspecified atom stereocenters. The van der Waals surface area contributed by atoms with Gasteiger partial charge >= 0.3 is 6.09 Å². The molecule has 1 aromatic carbocycles. The average molecular weight is 474 g/mol. The van der Waals surface area contributed by atoms with Crippen LogP contribution in [-0.2, 0) is 11.2 Å². The molecule has 1 aliphatic heterocycles. The first kappa shape index (κ1) is 25.0.